The summed E-state index contributed by atoms with van der Waals surface area (Å²) < 4.78 is 0. The number of benzene rings is 2. The highest BCUT2D eigenvalue weighted by Gasteiger charge is 2.36. The average Bonchev–Trinajstić information content (AvgIpc) is 2.77. The van der Waals surface area contributed by atoms with Crippen LogP contribution in [0.3, 0.4) is 0 Å². The van der Waals surface area contributed by atoms with Crippen LogP contribution < -0.4 is 4.90 Å². The van der Waals surface area contributed by atoms with Crippen molar-refractivity contribution >= 4 is 34.7 Å². The summed E-state index contributed by atoms with van der Waals surface area (Å²) in [6.07, 6.45) is 1.54. The molecule has 1 saturated heterocycles. The maximum absolute atomic E-state index is 12.5. The van der Waals surface area contributed by atoms with Gasteiger partial charge in [-0.05, 0) is 43.0 Å². The lowest BCUT2D eigenvalue weighted by molar-refractivity contribution is -0.113. The molecule has 1 fully saturated rings. The van der Waals surface area contributed by atoms with Gasteiger partial charge in [0.2, 0.25) is 0 Å². The van der Waals surface area contributed by atoms with E-state index in [-0.39, 0.29) is 16.9 Å². The van der Waals surface area contributed by atoms with Crippen LogP contribution in [0.5, 0.6) is 5.75 Å². The average molecular weight is 311 g/mol. The first-order valence-electron chi connectivity index (χ1n) is 6.69. The summed E-state index contributed by atoms with van der Waals surface area (Å²) in [4.78, 5) is 26.0. The Morgan fingerprint density at radius 1 is 1.05 bits per heavy atom. The fraction of sp³-hybridized carbons (Fsp3) is 0.0588. The monoisotopic (exact) mass is 311 g/mol. The third-order valence-corrected chi connectivity index (χ3v) is 4.18. The van der Waals surface area contributed by atoms with E-state index in [0.29, 0.717) is 16.2 Å². The second-order valence-corrected chi connectivity index (χ2v) is 5.90. The summed E-state index contributed by atoms with van der Waals surface area (Å²) in [5.41, 5.74) is 2.12. The molecule has 0 atom stereocenters. The van der Waals surface area contributed by atoms with Crippen LogP contribution in [0.15, 0.2) is 53.4 Å². The smallest absolute Gasteiger partial charge is 0.298 e. The van der Waals surface area contributed by atoms with Crippen LogP contribution in [-0.2, 0) is 4.79 Å². The molecule has 1 heterocycles. The van der Waals surface area contributed by atoms with Gasteiger partial charge in [-0.2, -0.15) is 0 Å². The Balaban J connectivity index is 1.95. The number of imide groups is 1. The summed E-state index contributed by atoms with van der Waals surface area (Å²) in [7, 11) is 0. The van der Waals surface area contributed by atoms with Crippen molar-refractivity contribution in [1.82, 2.24) is 0 Å². The predicted molar refractivity (Wildman–Crippen MR) is 87.7 cm³/mol. The SMILES string of the molecule is Cc1ccc(N2C(=O)S/C(=C/c3ccccc3O)C2=O)cc1. The molecule has 4 nitrogen and oxygen atoms in total. The number of aryl methyl sites for hydroxylation is 1. The molecule has 1 N–H and O–H groups in total. The van der Waals surface area contributed by atoms with Crippen molar-refractivity contribution in [1.29, 1.82) is 0 Å². The number of hydrogen-bond acceptors (Lipinski definition) is 4. The largest absolute Gasteiger partial charge is 0.507 e. The van der Waals surface area contributed by atoms with E-state index in [4.69, 9.17) is 0 Å². The second-order valence-electron chi connectivity index (χ2n) is 4.91. The van der Waals surface area contributed by atoms with Crippen LogP contribution in [0.2, 0.25) is 0 Å². The first kappa shape index (κ1) is 14.4. The van der Waals surface area contributed by atoms with Gasteiger partial charge < -0.3 is 5.11 Å². The molecule has 0 aliphatic carbocycles. The summed E-state index contributed by atoms with van der Waals surface area (Å²) in [6, 6.07) is 13.9. The maximum atomic E-state index is 12.5. The summed E-state index contributed by atoms with van der Waals surface area (Å²) >= 11 is 0.872. The van der Waals surface area contributed by atoms with Crippen molar-refractivity contribution in [3.63, 3.8) is 0 Å². The van der Waals surface area contributed by atoms with Gasteiger partial charge in [0, 0.05) is 5.56 Å². The van der Waals surface area contributed by atoms with Crippen LogP contribution in [0.25, 0.3) is 6.08 Å². The van der Waals surface area contributed by atoms with Gasteiger partial charge in [-0.3, -0.25) is 9.59 Å². The molecule has 0 bridgehead atoms. The summed E-state index contributed by atoms with van der Waals surface area (Å²) in [5, 5.41) is 9.44. The number of aromatic hydroxyl groups is 1. The first-order valence-corrected chi connectivity index (χ1v) is 7.50. The zero-order valence-electron chi connectivity index (χ0n) is 11.8. The van der Waals surface area contributed by atoms with Crippen LogP contribution >= 0.6 is 11.8 Å². The fourth-order valence-corrected chi connectivity index (χ4v) is 2.97. The van der Waals surface area contributed by atoms with E-state index in [9.17, 15) is 14.7 Å². The first-order chi connectivity index (χ1) is 10.6. The topological polar surface area (TPSA) is 57.6 Å². The van der Waals surface area contributed by atoms with Gasteiger partial charge in [0.1, 0.15) is 5.75 Å². The molecule has 110 valence electrons. The van der Waals surface area contributed by atoms with Crippen LogP contribution in [0, 0.1) is 6.92 Å². The quantitative estimate of drug-likeness (QED) is 0.853. The lowest BCUT2D eigenvalue weighted by Crippen LogP contribution is -2.27. The third kappa shape index (κ3) is 2.63. The number of carbonyl (C=O) groups excluding carboxylic acids is 2. The lowest BCUT2D eigenvalue weighted by Gasteiger charge is -2.12. The van der Waals surface area contributed by atoms with Crippen LogP contribution in [0.1, 0.15) is 11.1 Å². The molecule has 0 radical (unpaired) electrons. The van der Waals surface area contributed by atoms with Crippen LogP contribution in [-0.4, -0.2) is 16.3 Å². The van der Waals surface area contributed by atoms with Gasteiger partial charge >= 0.3 is 0 Å². The van der Waals surface area contributed by atoms with Gasteiger partial charge in [0.05, 0.1) is 10.6 Å². The second kappa shape index (κ2) is 5.69. The van der Waals surface area contributed by atoms with E-state index in [1.54, 1.807) is 30.3 Å². The van der Waals surface area contributed by atoms with Crippen LogP contribution in [0.4, 0.5) is 10.5 Å². The number of para-hydroxylation sites is 1. The molecular weight excluding hydrogens is 298 g/mol. The van der Waals surface area contributed by atoms with E-state index in [2.05, 4.69) is 0 Å². The van der Waals surface area contributed by atoms with Crippen molar-refractivity contribution in [2.45, 2.75) is 6.92 Å². The highest BCUT2D eigenvalue weighted by atomic mass is 32.2. The predicted octanol–water partition coefficient (Wildman–Crippen LogP) is 3.94. The van der Waals surface area contributed by atoms with Gasteiger partial charge in [-0.1, -0.05) is 35.9 Å². The minimum atomic E-state index is -0.373. The zero-order chi connectivity index (χ0) is 15.7. The van der Waals surface area contributed by atoms with Crippen molar-refractivity contribution < 1.29 is 14.7 Å². The fourth-order valence-electron chi connectivity index (χ4n) is 2.13. The molecule has 1 aliphatic heterocycles. The maximum Gasteiger partial charge on any atom is 0.298 e. The molecule has 1 aliphatic rings. The molecule has 2 aromatic carbocycles. The number of nitrogens with zero attached hydrogens (tertiary/aromatic N) is 1. The minimum Gasteiger partial charge on any atom is -0.507 e. The summed E-state index contributed by atoms with van der Waals surface area (Å²) in [6.45, 7) is 1.94. The normalized spacial score (nSPS) is 16.6. The Morgan fingerprint density at radius 2 is 1.73 bits per heavy atom. The molecule has 0 unspecified atom stereocenters. The molecule has 0 spiro atoms. The van der Waals surface area contributed by atoms with Crippen molar-refractivity contribution in [3.8, 4) is 5.75 Å². The van der Waals surface area contributed by atoms with Gasteiger partial charge in [0.15, 0.2) is 0 Å². The number of phenols is 1. The number of amides is 2. The molecule has 2 amide bonds. The van der Waals surface area contributed by atoms with Crippen molar-refractivity contribution in [2.24, 2.45) is 0 Å². The summed E-state index contributed by atoms with van der Waals surface area (Å²) in [5.74, 6) is -0.299. The Morgan fingerprint density at radius 3 is 2.41 bits per heavy atom. The lowest BCUT2D eigenvalue weighted by atomic mass is 10.2. The van der Waals surface area contributed by atoms with E-state index in [1.807, 2.05) is 19.1 Å². The Bertz CT molecular complexity index is 781. The van der Waals surface area contributed by atoms with Crippen molar-refractivity contribution in [2.75, 3.05) is 4.90 Å². The van der Waals surface area contributed by atoms with Gasteiger partial charge in [-0.15, -0.1) is 0 Å². The van der Waals surface area contributed by atoms with Gasteiger partial charge in [-0.25, -0.2) is 4.90 Å². The molecule has 0 saturated carbocycles. The Hall–Kier alpha value is -2.53. The van der Waals surface area contributed by atoms with Crippen molar-refractivity contribution in [3.05, 3.63) is 64.6 Å². The van der Waals surface area contributed by atoms with Gasteiger partial charge in [0.25, 0.3) is 11.1 Å². The minimum absolute atomic E-state index is 0.0737. The number of anilines is 1. The highest BCUT2D eigenvalue weighted by molar-refractivity contribution is 8.19. The van der Waals surface area contributed by atoms with E-state index in [1.165, 1.54) is 12.1 Å². The molecule has 5 heteroatoms. The van der Waals surface area contributed by atoms with E-state index in [0.717, 1.165) is 22.2 Å². The molecule has 2 aromatic rings. The van der Waals surface area contributed by atoms with E-state index < -0.39 is 0 Å². The number of rotatable bonds is 2. The number of carbonyl (C=O) groups is 2. The number of thioether (sulfide) groups is 1. The molecule has 0 aromatic heterocycles. The molecule has 3 rings (SSSR count). The Labute approximate surface area is 132 Å². The number of phenolic OH excluding ortho intramolecular Hbond substituents is 1. The standard InChI is InChI=1S/C17H13NO3S/c1-11-6-8-13(9-7-11)18-16(20)15(22-17(18)21)10-12-4-2-3-5-14(12)19/h2-10,19H,1H3/b15-10+. The third-order valence-electron chi connectivity index (χ3n) is 3.31. The highest BCUT2D eigenvalue weighted by Crippen LogP contribution is 2.36. The zero-order valence-corrected chi connectivity index (χ0v) is 12.6. The number of hydrogen-bond donors (Lipinski definition) is 1. The Kier molecular flexibility index (Phi) is 3.73. The molecule has 22 heavy (non-hydrogen) atoms. The molecular formula is C17H13NO3S. The van der Waals surface area contributed by atoms with E-state index >= 15 is 0 Å².